The highest BCUT2D eigenvalue weighted by atomic mass is 35.5. The van der Waals surface area contributed by atoms with Crippen LogP contribution in [-0.4, -0.2) is 34.1 Å². The Morgan fingerprint density at radius 3 is 2.79 bits per heavy atom. The number of nitrogens with zero attached hydrogens (tertiary/aromatic N) is 2. The Labute approximate surface area is 177 Å². The second-order valence-electron chi connectivity index (χ2n) is 6.79. The van der Waals surface area contributed by atoms with Crippen molar-refractivity contribution in [1.82, 2.24) is 5.32 Å². The molecule has 1 fully saturated rings. The SMILES string of the molecule is C/C(=N/N=C1\NC(=O)[C@@H](Cc2ccccc2Cl)S1)[C@H]1Cc2ccccc2C(=O)O1. The molecule has 0 unspecified atom stereocenters. The van der Waals surface area contributed by atoms with Gasteiger partial charge in [-0.2, -0.15) is 5.10 Å². The smallest absolute Gasteiger partial charge is 0.339 e. The number of carbonyl (C=O) groups is 2. The summed E-state index contributed by atoms with van der Waals surface area (Å²) in [7, 11) is 0. The minimum absolute atomic E-state index is 0.125. The van der Waals surface area contributed by atoms with E-state index in [0.29, 0.717) is 34.3 Å². The second-order valence-corrected chi connectivity index (χ2v) is 8.39. The van der Waals surface area contributed by atoms with E-state index in [1.54, 1.807) is 19.1 Å². The van der Waals surface area contributed by atoms with Crippen molar-refractivity contribution in [2.24, 2.45) is 10.2 Å². The monoisotopic (exact) mass is 427 g/mol. The van der Waals surface area contributed by atoms with Crippen LogP contribution < -0.4 is 5.32 Å². The van der Waals surface area contributed by atoms with Crippen molar-refractivity contribution >= 4 is 46.1 Å². The predicted octanol–water partition coefficient (Wildman–Crippen LogP) is 3.63. The second kappa shape index (κ2) is 8.39. The maximum atomic E-state index is 12.3. The molecule has 0 radical (unpaired) electrons. The summed E-state index contributed by atoms with van der Waals surface area (Å²) in [6.07, 6.45) is 0.592. The molecule has 2 aliphatic heterocycles. The topological polar surface area (TPSA) is 80.1 Å². The Bertz CT molecular complexity index is 1040. The van der Waals surface area contributed by atoms with Crippen LogP contribution in [0, 0.1) is 0 Å². The Balaban J connectivity index is 1.44. The van der Waals surface area contributed by atoms with E-state index in [4.69, 9.17) is 16.3 Å². The van der Waals surface area contributed by atoms with E-state index in [9.17, 15) is 9.59 Å². The molecule has 29 heavy (non-hydrogen) atoms. The van der Waals surface area contributed by atoms with Crippen LogP contribution in [0.15, 0.2) is 58.7 Å². The average Bonchev–Trinajstić information content (AvgIpc) is 3.07. The van der Waals surface area contributed by atoms with Crippen molar-refractivity contribution in [1.29, 1.82) is 0 Å². The fraction of sp³-hybridized carbons (Fsp3) is 0.238. The maximum absolute atomic E-state index is 12.3. The Kier molecular flexibility index (Phi) is 5.69. The molecule has 2 heterocycles. The molecule has 8 heteroatoms. The van der Waals surface area contributed by atoms with Gasteiger partial charge in [-0.3, -0.25) is 4.79 Å². The highest BCUT2D eigenvalue weighted by Gasteiger charge is 2.31. The summed E-state index contributed by atoms with van der Waals surface area (Å²) < 4.78 is 5.48. The van der Waals surface area contributed by atoms with E-state index in [2.05, 4.69) is 15.5 Å². The third kappa shape index (κ3) is 4.36. The van der Waals surface area contributed by atoms with Crippen molar-refractivity contribution in [3.8, 4) is 0 Å². The lowest BCUT2D eigenvalue weighted by Crippen LogP contribution is -2.33. The van der Waals surface area contributed by atoms with Crippen LogP contribution >= 0.6 is 23.4 Å². The molecule has 0 spiro atoms. The number of hydrogen-bond acceptors (Lipinski definition) is 6. The average molecular weight is 428 g/mol. The molecule has 6 nitrogen and oxygen atoms in total. The Hall–Kier alpha value is -2.64. The zero-order valence-electron chi connectivity index (χ0n) is 15.6. The molecule has 1 amide bonds. The zero-order chi connectivity index (χ0) is 20.4. The van der Waals surface area contributed by atoms with Crippen LogP contribution in [0.1, 0.15) is 28.4 Å². The van der Waals surface area contributed by atoms with Gasteiger partial charge in [-0.1, -0.05) is 59.8 Å². The van der Waals surface area contributed by atoms with Crippen LogP contribution in [-0.2, 0) is 22.4 Å². The van der Waals surface area contributed by atoms with Crippen LogP contribution in [0.3, 0.4) is 0 Å². The van der Waals surface area contributed by atoms with E-state index in [1.165, 1.54) is 11.8 Å². The number of carbonyl (C=O) groups excluding carboxylic acids is 2. The number of amidine groups is 1. The standard InChI is InChI=1S/C21H18ClN3O3S/c1-12(17-10-13-6-2-4-8-15(13)20(27)28-17)24-25-21-23-19(26)18(29-21)11-14-7-3-5-9-16(14)22/h2-9,17-18H,10-11H2,1H3,(H,23,25,26)/b24-12-/t17-,18-/m1/s1. The molecule has 148 valence electrons. The van der Waals surface area contributed by atoms with Gasteiger partial charge >= 0.3 is 5.97 Å². The minimum atomic E-state index is -0.470. The van der Waals surface area contributed by atoms with Crippen molar-refractivity contribution < 1.29 is 14.3 Å². The van der Waals surface area contributed by atoms with E-state index in [0.717, 1.165) is 11.1 Å². The summed E-state index contributed by atoms with van der Waals surface area (Å²) in [5.41, 5.74) is 3.00. The minimum Gasteiger partial charge on any atom is -0.452 e. The fourth-order valence-corrected chi connectivity index (χ4v) is 4.36. The molecular weight excluding hydrogens is 410 g/mol. The van der Waals surface area contributed by atoms with Gasteiger partial charge in [0.1, 0.15) is 6.10 Å². The van der Waals surface area contributed by atoms with Crippen molar-refractivity contribution in [3.05, 3.63) is 70.2 Å². The first-order chi connectivity index (χ1) is 14.0. The van der Waals surface area contributed by atoms with Crippen molar-refractivity contribution in [3.63, 3.8) is 0 Å². The van der Waals surface area contributed by atoms with Gasteiger partial charge in [0.15, 0.2) is 5.17 Å². The first kappa shape index (κ1) is 19.7. The molecule has 0 aliphatic carbocycles. The molecular formula is C21H18ClN3O3S. The molecule has 0 aromatic heterocycles. The quantitative estimate of drug-likeness (QED) is 0.459. The third-order valence-electron chi connectivity index (χ3n) is 4.80. The molecule has 1 N–H and O–H groups in total. The normalized spacial score (nSPS) is 23.0. The van der Waals surface area contributed by atoms with Gasteiger partial charge in [0.25, 0.3) is 0 Å². The summed E-state index contributed by atoms with van der Waals surface area (Å²) in [5.74, 6) is -0.484. The Morgan fingerprint density at radius 2 is 1.97 bits per heavy atom. The predicted molar refractivity (Wildman–Crippen MR) is 115 cm³/mol. The number of halogens is 1. The highest BCUT2D eigenvalue weighted by Crippen LogP contribution is 2.27. The van der Waals surface area contributed by atoms with E-state index < -0.39 is 6.10 Å². The van der Waals surface area contributed by atoms with E-state index in [1.807, 2.05) is 36.4 Å². The molecule has 2 aromatic carbocycles. The lowest BCUT2D eigenvalue weighted by atomic mass is 9.97. The summed E-state index contributed by atoms with van der Waals surface area (Å²) >= 11 is 7.50. The first-order valence-electron chi connectivity index (χ1n) is 9.13. The molecule has 0 bridgehead atoms. The lowest BCUT2D eigenvalue weighted by molar-refractivity contribution is -0.118. The fourth-order valence-electron chi connectivity index (χ4n) is 3.20. The zero-order valence-corrected chi connectivity index (χ0v) is 17.2. The van der Waals surface area contributed by atoms with E-state index in [-0.39, 0.29) is 17.1 Å². The van der Waals surface area contributed by atoms with Crippen LogP contribution in [0.2, 0.25) is 5.02 Å². The number of esters is 1. The Morgan fingerprint density at radius 1 is 1.21 bits per heavy atom. The number of fused-ring (bicyclic) bond motifs is 1. The van der Waals surface area contributed by atoms with Crippen molar-refractivity contribution in [2.75, 3.05) is 0 Å². The number of ether oxygens (including phenoxy) is 1. The number of thioether (sulfide) groups is 1. The van der Waals surface area contributed by atoms with Gasteiger partial charge in [0, 0.05) is 11.4 Å². The molecule has 1 saturated heterocycles. The number of hydrogen-bond donors (Lipinski definition) is 1. The van der Waals surface area contributed by atoms with Gasteiger partial charge in [-0.25, -0.2) is 4.79 Å². The number of amides is 1. The van der Waals surface area contributed by atoms with Gasteiger partial charge in [-0.15, -0.1) is 5.10 Å². The highest BCUT2D eigenvalue weighted by molar-refractivity contribution is 8.15. The molecule has 2 aliphatic rings. The first-order valence-corrected chi connectivity index (χ1v) is 10.4. The van der Waals surface area contributed by atoms with Crippen LogP contribution in [0.4, 0.5) is 0 Å². The van der Waals surface area contributed by atoms with Gasteiger partial charge in [0.05, 0.1) is 16.5 Å². The summed E-state index contributed by atoms with van der Waals surface area (Å²) in [4.78, 5) is 24.4. The summed E-state index contributed by atoms with van der Waals surface area (Å²) in [6, 6.07) is 14.8. The third-order valence-corrected chi connectivity index (χ3v) is 6.24. The molecule has 2 aromatic rings. The van der Waals surface area contributed by atoms with Crippen LogP contribution in [0.5, 0.6) is 0 Å². The van der Waals surface area contributed by atoms with Gasteiger partial charge in [0.2, 0.25) is 5.91 Å². The summed E-state index contributed by atoms with van der Waals surface area (Å²) in [6.45, 7) is 1.76. The maximum Gasteiger partial charge on any atom is 0.339 e. The number of cyclic esters (lactones) is 1. The van der Waals surface area contributed by atoms with E-state index >= 15 is 0 Å². The molecule has 4 rings (SSSR count). The largest absolute Gasteiger partial charge is 0.452 e. The number of rotatable bonds is 4. The lowest BCUT2D eigenvalue weighted by Gasteiger charge is -2.23. The van der Waals surface area contributed by atoms with Gasteiger partial charge in [-0.05, 0) is 36.6 Å². The number of benzene rings is 2. The molecule has 0 saturated carbocycles. The van der Waals surface area contributed by atoms with Gasteiger partial charge < -0.3 is 10.1 Å². The summed E-state index contributed by atoms with van der Waals surface area (Å²) in [5, 5.41) is 11.8. The van der Waals surface area contributed by atoms with Crippen LogP contribution in [0.25, 0.3) is 0 Å². The number of nitrogens with one attached hydrogen (secondary N) is 1. The van der Waals surface area contributed by atoms with Crippen molar-refractivity contribution in [2.45, 2.75) is 31.1 Å². The molecule has 2 atom stereocenters.